The first kappa shape index (κ1) is 13.9. The first-order chi connectivity index (χ1) is 8.70. The second-order valence-corrected chi connectivity index (χ2v) is 6.60. The zero-order valence-electron chi connectivity index (χ0n) is 11.5. The summed E-state index contributed by atoms with van der Waals surface area (Å²) in [7, 11) is 1.97. The van der Waals surface area contributed by atoms with Crippen LogP contribution < -0.4 is 5.73 Å². The maximum absolute atomic E-state index is 6.29. The summed E-state index contributed by atoms with van der Waals surface area (Å²) >= 11 is 2.04. The van der Waals surface area contributed by atoms with E-state index in [0.29, 0.717) is 5.25 Å². The van der Waals surface area contributed by atoms with Crippen molar-refractivity contribution in [2.45, 2.75) is 50.3 Å². The van der Waals surface area contributed by atoms with Gasteiger partial charge in [-0.25, -0.2) is 0 Å². The van der Waals surface area contributed by atoms with Crippen molar-refractivity contribution in [3.63, 3.8) is 0 Å². The van der Waals surface area contributed by atoms with Crippen LogP contribution >= 0.6 is 11.8 Å². The third-order valence-corrected chi connectivity index (χ3v) is 5.54. The minimum Gasteiger partial charge on any atom is -0.326 e. The molecule has 1 heterocycles. The van der Waals surface area contributed by atoms with Gasteiger partial charge >= 0.3 is 0 Å². The van der Waals surface area contributed by atoms with Crippen LogP contribution in [0.5, 0.6) is 0 Å². The van der Waals surface area contributed by atoms with Crippen molar-refractivity contribution < 1.29 is 0 Å². The lowest BCUT2D eigenvalue weighted by Crippen LogP contribution is -2.26. The van der Waals surface area contributed by atoms with Crippen LogP contribution in [0.1, 0.15) is 49.8 Å². The molecular weight excluding hydrogens is 242 g/mol. The van der Waals surface area contributed by atoms with Crippen LogP contribution in [0, 0.1) is 5.92 Å². The molecule has 2 atom stereocenters. The average Bonchev–Trinajstić information content (AvgIpc) is 3.01. The first-order valence-electron chi connectivity index (χ1n) is 7.06. The van der Waals surface area contributed by atoms with E-state index in [1.807, 2.05) is 29.7 Å². The number of nitrogens with zero attached hydrogens (tertiary/aromatic N) is 2. The fraction of sp³-hybridized carbons (Fsp3) is 0.786. The molecule has 0 amide bonds. The standard InChI is InChI=1S/C14H25N3S/c1-3-13(15)14(12-8-16-17(2)9-12)18-10-11-6-4-5-7-11/h8-9,11,13-14H,3-7,10,15H2,1-2H3. The largest absolute Gasteiger partial charge is 0.326 e. The van der Waals surface area contributed by atoms with E-state index in [1.165, 1.54) is 37.0 Å². The van der Waals surface area contributed by atoms with E-state index >= 15 is 0 Å². The number of rotatable bonds is 6. The Kier molecular flexibility index (Phi) is 5.13. The number of aryl methyl sites for hydroxylation is 1. The highest BCUT2D eigenvalue weighted by molar-refractivity contribution is 7.99. The van der Waals surface area contributed by atoms with E-state index < -0.39 is 0 Å². The Hall–Kier alpha value is -0.480. The molecule has 2 unspecified atom stereocenters. The topological polar surface area (TPSA) is 43.8 Å². The van der Waals surface area contributed by atoms with Crippen molar-refractivity contribution >= 4 is 11.8 Å². The Morgan fingerprint density at radius 1 is 1.50 bits per heavy atom. The summed E-state index contributed by atoms with van der Waals surface area (Å²) in [6.07, 6.45) is 10.8. The molecule has 3 nitrogen and oxygen atoms in total. The number of hydrogen-bond acceptors (Lipinski definition) is 3. The van der Waals surface area contributed by atoms with Crippen molar-refractivity contribution in [3.8, 4) is 0 Å². The predicted molar refractivity (Wildman–Crippen MR) is 78.6 cm³/mol. The zero-order valence-corrected chi connectivity index (χ0v) is 12.3. The Morgan fingerprint density at radius 3 is 2.78 bits per heavy atom. The molecule has 1 saturated carbocycles. The van der Waals surface area contributed by atoms with Crippen LogP contribution in [-0.2, 0) is 7.05 Å². The quantitative estimate of drug-likeness (QED) is 0.861. The van der Waals surface area contributed by atoms with Gasteiger partial charge in [-0.05, 0) is 30.9 Å². The van der Waals surface area contributed by atoms with E-state index in [2.05, 4.69) is 18.2 Å². The smallest absolute Gasteiger partial charge is 0.0533 e. The Balaban J connectivity index is 1.96. The molecule has 0 saturated heterocycles. The number of thioether (sulfide) groups is 1. The van der Waals surface area contributed by atoms with Crippen LogP contribution in [0.25, 0.3) is 0 Å². The lowest BCUT2D eigenvalue weighted by Gasteiger charge is -2.22. The molecule has 0 aromatic carbocycles. The SMILES string of the molecule is CCC(N)C(SCC1CCCC1)c1cnn(C)c1. The molecule has 1 aliphatic carbocycles. The van der Waals surface area contributed by atoms with E-state index in [-0.39, 0.29) is 6.04 Å². The minimum absolute atomic E-state index is 0.237. The summed E-state index contributed by atoms with van der Waals surface area (Å²) in [5, 5.41) is 4.69. The Labute approximate surface area is 115 Å². The van der Waals surface area contributed by atoms with Gasteiger partial charge in [0, 0.05) is 30.1 Å². The highest BCUT2D eigenvalue weighted by Crippen LogP contribution is 2.37. The summed E-state index contributed by atoms with van der Waals surface area (Å²) in [5.74, 6) is 2.17. The van der Waals surface area contributed by atoms with Gasteiger partial charge in [-0.2, -0.15) is 16.9 Å². The normalized spacial score (nSPS) is 20.2. The summed E-state index contributed by atoms with van der Waals surface area (Å²) in [6.45, 7) is 2.17. The van der Waals surface area contributed by atoms with Crippen molar-refractivity contribution in [1.82, 2.24) is 9.78 Å². The van der Waals surface area contributed by atoms with Gasteiger partial charge in [-0.1, -0.05) is 19.8 Å². The minimum atomic E-state index is 0.237. The second kappa shape index (κ2) is 6.62. The maximum Gasteiger partial charge on any atom is 0.0533 e. The Morgan fingerprint density at radius 2 is 2.22 bits per heavy atom. The molecule has 1 aromatic heterocycles. The van der Waals surface area contributed by atoms with Gasteiger partial charge in [0.05, 0.1) is 6.20 Å². The van der Waals surface area contributed by atoms with Crippen LogP contribution in [0.2, 0.25) is 0 Å². The van der Waals surface area contributed by atoms with Gasteiger partial charge < -0.3 is 5.73 Å². The molecule has 0 spiro atoms. The summed E-state index contributed by atoms with van der Waals surface area (Å²) < 4.78 is 1.88. The Bertz CT molecular complexity index is 358. The number of aromatic nitrogens is 2. The number of nitrogens with two attached hydrogens (primary N) is 1. The lowest BCUT2D eigenvalue weighted by molar-refractivity contribution is 0.607. The van der Waals surface area contributed by atoms with Crippen LogP contribution in [-0.4, -0.2) is 21.6 Å². The summed E-state index contributed by atoms with van der Waals surface area (Å²) in [6, 6.07) is 0.237. The molecule has 2 rings (SSSR count). The molecule has 4 heteroatoms. The molecule has 1 aliphatic rings. The molecule has 1 fully saturated rings. The first-order valence-corrected chi connectivity index (χ1v) is 8.11. The third-order valence-electron chi connectivity index (χ3n) is 3.90. The van der Waals surface area contributed by atoms with Gasteiger partial charge in [-0.3, -0.25) is 4.68 Å². The van der Waals surface area contributed by atoms with Crippen molar-refractivity contribution in [2.75, 3.05) is 5.75 Å². The second-order valence-electron chi connectivity index (χ2n) is 5.42. The molecular formula is C14H25N3S. The molecule has 2 N–H and O–H groups in total. The predicted octanol–water partition coefficient (Wildman–Crippen LogP) is 3.12. The molecule has 18 heavy (non-hydrogen) atoms. The molecule has 0 radical (unpaired) electrons. The van der Waals surface area contributed by atoms with Crippen LogP contribution in [0.3, 0.4) is 0 Å². The van der Waals surface area contributed by atoms with Gasteiger partial charge in [0.1, 0.15) is 0 Å². The van der Waals surface area contributed by atoms with Gasteiger partial charge in [0.2, 0.25) is 0 Å². The van der Waals surface area contributed by atoms with Gasteiger partial charge in [-0.15, -0.1) is 0 Å². The molecule has 102 valence electrons. The van der Waals surface area contributed by atoms with E-state index in [4.69, 9.17) is 5.73 Å². The van der Waals surface area contributed by atoms with E-state index in [9.17, 15) is 0 Å². The monoisotopic (exact) mass is 267 g/mol. The van der Waals surface area contributed by atoms with Crippen LogP contribution in [0.15, 0.2) is 12.4 Å². The summed E-state index contributed by atoms with van der Waals surface area (Å²) in [4.78, 5) is 0. The van der Waals surface area contributed by atoms with E-state index in [0.717, 1.165) is 12.3 Å². The van der Waals surface area contributed by atoms with Crippen molar-refractivity contribution in [3.05, 3.63) is 18.0 Å². The van der Waals surface area contributed by atoms with Gasteiger partial charge in [0.15, 0.2) is 0 Å². The average molecular weight is 267 g/mol. The molecule has 1 aromatic rings. The number of hydrogen-bond donors (Lipinski definition) is 1. The maximum atomic E-state index is 6.29. The third kappa shape index (κ3) is 3.51. The molecule has 0 bridgehead atoms. The fourth-order valence-electron chi connectivity index (χ4n) is 2.68. The van der Waals surface area contributed by atoms with Crippen LogP contribution in [0.4, 0.5) is 0 Å². The van der Waals surface area contributed by atoms with Crippen molar-refractivity contribution in [2.24, 2.45) is 18.7 Å². The highest BCUT2D eigenvalue weighted by atomic mass is 32.2. The highest BCUT2D eigenvalue weighted by Gasteiger charge is 2.23. The fourth-order valence-corrected chi connectivity index (χ4v) is 4.25. The lowest BCUT2D eigenvalue weighted by atomic mass is 10.1. The van der Waals surface area contributed by atoms with Crippen molar-refractivity contribution in [1.29, 1.82) is 0 Å². The van der Waals surface area contributed by atoms with Gasteiger partial charge in [0.25, 0.3) is 0 Å². The van der Waals surface area contributed by atoms with E-state index in [1.54, 1.807) is 0 Å². The summed E-state index contributed by atoms with van der Waals surface area (Å²) in [5.41, 5.74) is 7.57. The molecule has 0 aliphatic heterocycles. The zero-order chi connectivity index (χ0) is 13.0.